The molecule has 0 bridgehead atoms. The Kier molecular flexibility index (Phi) is 6.57. The molecule has 1 aliphatic rings. The highest BCUT2D eigenvalue weighted by Crippen LogP contribution is 2.24. The van der Waals surface area contributed by atoms with Gasteiger partial charge in [-0.15, -0.1) is 0 Å². The lowest BCUT2D eigenvalue weighted by Gasteiger charge is -2.36. The van der Waals surface area contributed by atoms with E-state index in [9.17, 15) is 9.59 Å². The van der Waals surface area contributed by atoms with E-state index >= 15 is 0 Å². The summed E-state index contributed by atoms with van der Waals surface area (Å²) in [6.07, 6.45) is 0.302. The number of carbonyl (C=O) groups excluding carboxylic acids is 2. The number of carbonyl (C=O) groups is 2. The fourth-order valence-corrected chi connectivity index (χ4v) is 3.61. The standard InChI is InChI=1S/C22H26ClN3O2/c1-17-8-9-20(16-21(17)23)26(18(2)27)11-10-22(28)25-14-12-24(13-15-25)19-6-4-3-5-7-19/h3-9,16H,10-15H2,1-2H3. The van der Waals surface area contributed by atoms with Crippen LogP contribution in [0.3, 0.4) is 0 Å². The maximum absolute atomic E-state index is 12.7. The summed E-state index contributed by atoms with van der Waals surface area (Å²) in [5, 5.41) is 0.618. The second-order valence-corrected chi connectivity index (χ2v) is 7.46. The molecule has 0 saturated carbocycles. The minimum Gasteiger partial charge on any atom is -0.368 e. The van der Waals surface area contributed by atoms with Gasteiger partial charge in [-0.05, 0) is 36.8 Å². The van der Waals surface area contributed by atoms with Gasteiger partial charge in [-0.1, -0.05) is 35.9 Å². The van der Waals surface area contributed by atoms with Crippen molar-refractivity contribution in [1.82, 2.24) is 4.90 Å². The van der Waals surface area contributed by atoms with Crippen LogP contribution in [-0.2, 0) is 9.59 Å². The molecule has 28 heavy (non-hydrogen) atoms. The average Bonchev–Trinajstić information content (AvgIpc) is 2.71. The Morgan fingerprint density at radius 2 is 1.71 bits per heavy atom. The first-order valence-corrected chi connectivity index (χ1v) is 9.95. The Morgan fingerprint density at radius 1 is 1.04 bits per heavy atom. The van der Waals surface area contributed by atoms with Crippen LogP contribution in [0.25, 0.3) is 0 Å². The van der Waals surface area contributed by atoms with Gasteiger partial charge in [-0.2, -0.15) is 0 Å². The van der Waals surface area contributed by atoms with Crippen molar-refractivity contribution in [3.8, 4) is 0 Å². The van der Waals surface area contributed by atoms with Crippen molar-refractivity contribution in [1.29, 1.82) is 0 Å². The summed E-state index contributed by atoms with van der Waals surface area (Å²) in [6.45, 7) is 6.82. The number of nitrogens with zero attached hydrogens (tertiary/aromatic N) is 3. The monoisotopic (exact) mass is 399 g/mol. The highest BCUT2D eigenvalue weighted by Gasteiger charge is 2.22. The van der Waals surface area contributed by atoms with E-state index in [-0.39, 0.29) is 11.8 Å². The van der Waals surface area contributed by atoms with E-state index < -0.39 is 0 Å². The molecule has 2 aromatic rings. The molecule has 1 saturated heterocycles. The Balaban J connectivity index is 1.55. The van der Waals surface area contributed by atoms with Crippen LogP contribution in [0.4, 0.5) is 11.4 Å². The molecule has 1 fully saturated rings. The zero-order chi connectivity index (χ0) is 20.1. The van der Waals surface area contributed by atoms with Crippen molar-refractivity contribution >= 4 is 34.8 Å². The predicted octanol–water partition coefficient (Wildman–Crippen LogP) is 3.74. The van der Waals surface area contributed by atoms with Crippen LogP contribution in [0.2, 0.25) is 5.02 Å². The lowest BCUT2D eigenvalue weighted by molar-refractivity contribution is -0.131. The predicted molar refractivity (Wildman–Crippen MR) is 114 cm³/mol. The van der Waals surface area contributed by atoms with Crippen LogP contribution < -0.4 is 9.80 Å². The minimum absolute atomic E-state index is 0.0807. The molecule has 0 N–H and O–H groups in total. The van der Waals surface area contributed by atoms with Gasteiger partial charge in [0.2, 0.25) is 11.8 Å². The third kappa shape index (κ3) is 4.84. The van der Waals surface area contributed by atoms with Gasteiger partial charge in [-0.3, -0.25) is 9.59 Å². The zero-order valence-corrected chi connectivity index (χ0v) is 17.2. The number of benzene rings is 2. The number of rotatable bonds is 5. The fraction of sp³-hybridized carbons (Fsp3) is 0.364. The van der Waals surface area contributed by atoms with Crippen LogP contribution in [-0.4, -0.2) is 49.4 Å². The Labute approximate surface area is 171 Å². The summed E-state index contributed by atoms with van der Waals surface area (Å²) in [6, 6.07) is 15.8. The number of hydrogen-bond donors (Lipinski definition) is 0. The molecule has 0 radical (unpaired) electrons. The van der Waals surface area contributed by atoms with E-state index in [0.29, 0.717) is 31.1 Å². The number of aryl methyl sites for hydroxylation is 1. The topological polar surface area (TPSA) is 43.9 Å². The molecule has 148 valence electrons. The van der Waals surface area contributed by atoms with Crippen LogP contribution in [0.15, 0.2) is 48.5 Å². The average molecular weight is 400 g/mol. The number of amides is 2. The van der Waals surface area contributed by atoms with E-state index in [4.69, 9.17) is 11.6 Å². The van der Waals surface area contributed by atoms with Crippen molar-refractivity contribution in [2.24, 2.45) is 0 Å². The Bertz CT molecular complexity index is 833. The molecule has 0 aromatic heterocycles. The lowest BCUT2D eigenvalue weighted by Crippen LogP contribution is -2.49. The smallest absolute Gasteiger partial charge is 0.224 e. The van der Waals surface area contributed by atoms with Crippen molar-refractivity contribution in [2.45, 2.75) is 20.3 Å². The minimum atomic E-state index is -0.0957. The van der Waals surface area contributed by atoms with Crippen LogP contribution in [0.1, 0.15) is 18.9 Å². The highest BCUT2D eigenvalue weighted by atomic mass is 35.5. The zero-order valence-electron chi connectivity index (χ0n) is 16.4. The van der Waals surface area contributed by atoms with E-state index in [2.05, 4.69) is 17.0 Å². The number of piperazine rings is 1. The molecule has 2 amide bonds. The number of anilines is 2. The molecule has 0 aliphatic carbocycles. The van der Waals surface area contributed by atoms with E-state index in [1.54, 1.807) is 11.0 Å². The Morgan fingerprint density at radius 3 is 2.32 bits per heavy atom. The molecular weight excluding hydrogens is 374 g/mol. The second-order valence-electron chi connectivity index (χ2n) is 7.06. The molecule has 1 aliphatic heterocycles. The normalized spacial score (nSPS) is 14.1. The first kappa shape index (κ1) is 20.2. The van der Waals surface area contributed by atoms with E-state index in [1.165, 1.54) is 12.6 Å². The highest BCUT2D eigenvalue weighted by molar-refractivity contribution is 6.31. The maximum atomic E-state index is 12.7. The van der Waals surface area contributed by atoms with Gasteiger partial charge in [0.25, 0.3) is 0 Å². The van der Waals surface area contributed by atoms with Gasteiger partial charge in [0.15, 0.2) is 0 Å². The van der Waals surface area contributed by atoms with Crippen LogP contribution in [0.5, 0.6) is 0 Å². The number of hydrogen-bond acceptors (Lipinski definition) is 3. The summed E-state index contributed by atoms with van der Waals surface area (Å²) in [5.41, 5.74) is 2.87. The van der Waals surface area contributed by atoms with Crippen molar-refractivity contribution in [3.05, 3.63) is 59.1 Å². The number of para-hydroxylation sites is 1. The van der Waals surface area contributed by atoms with E-state index in [1.807, 2.05) is 42.2 Å². The third-order valence-corrected chi connectivity index (χ3v) is 5.56. The molecule has 6 heteroatoms. The molecule has 1 heterocycles. The van der Waals surface area contributed by atoms with Gasteiger partial charge in [0, 0.05) is 62.5 Å². The van der Waals surface area contributed by atoms with Crippen molar-refractivity contribution in [2.75, 3.05) is 42.5 Å². The van der Waals surface area contributed by atoms with Crippen LogP contribution in [0, 0.1) is 6.92 Å². The van der Waals surface area contributed by atoms with Crippen LogP contribution >= 0.6 is 11.6 Å². The SMILES string of the molecule is CC(=O)N(CCC(=O)N1CCN(c2ccccc2)CC1)c1ccc(C)c(Cl)c1. The van der Waals surface area contributed by atoms with Crippen molar-refractivity contribution < 1.29 is 9.59 Å². The van der Waals surface area contributed by atoms with Gasteiger partial charge in [0.05, 0.1) is 0 Å². The first-order valence-electron chi connectivity index (χ1n) is 9.58. The summed E-state index contributed by atoms with van der Waals surface area (Å²) in [4.78, 5) is 30.5. The molecule has 3 rings (SSSR count). The fourth-order valence-electron chi connectivity index (χ4n) is 3.44. The second kappa shape index (κ2) is 9.11. The largest absolute Gasteiger partial charge is 0.368 e. The lowest BCUT2D eigenvalue weighted by atomic mass is 10.2. The Hall–Kier alpha value is -2.53. The molecule has 0 atom stereocenters. The van der Waals surface area contributed by atoms with Gasteiger partial charge >= 0.3 is 0 Å². The first-order chi connectivity index (χ1) is 13.5. The summed E-state index contributed by atoms with van der Waals surface area (Å²) < 4.78 is 0. The van der Waals surface area contributed by atoms with Gasteiger partial charge < -0.3 is 14.7 Å². The summed E-state index contributed by atoms with van der Waals surface area (Å²) >= 11 is 6.19. The molecule has 0 spiro atoms. The third-order valence-electron chi connectivity index (χ3n) is 5.15. The summed E-state index contributed by atoms with van der Waals surface area (Å²) in [7, 11) is 0. The van der Waals surface area contributed by atoms with Gasteiger partial charge in [-0.25, -0.2) is 0 Å². The molecule has 5 nitrogen and oxygen atoms in total. The maximum Gasteiger partial charge on any atom is 0.224 e. The van der Waals surface area contributed by atoms with E-state index in [0.717, 1.165) is 24.3 Å². The number of halogens is 1. The van der Waals surface area contributed by atoms with Crippen molar-refractivity contribution in [3.63, 3.8) is 0 Å². The quantitative estimate of drug-likeness (QED) is 0.769. The summed E-state index contributed by atoms with van der Waals surface area (Å²) in [5.74, 6) is -0.0150. The molecular formula is C22H26ClN3O2. The molecule has 0 unspecified atom stereocenters. The van der Waals surface area contributed by atoms with Gasteiger partial charge in [0.1, 0.15) is 0 Å². The molecule has 2 aromatic carbocycles.